The number of nitrogens with zero attached hydrogens (tertiary/aromatic N) is 1. The van der Waals surface area contributed by atoms with Crippen molar-refractivity contribution in [3.8, 4) is 0 Å². The van der Waals surface area contributed by atoms with Gasteiger partial charge < -0.3 is 10.0 Å². The number of benzene rings is 2. The number of rotatable bonds is 5. The average Bonchev–Trinajstić information content (AvgIpc) is 2.91. The van der Waals surface area contributed by atoms with Crippen molar-refractivity contribution in [3.63, 3.8) is 0 Å². The highest BCUT2D eigenvalue weighted by molar-refractivity contribution is 6.46. The van der Waals surface area contributed by atoms with Gasteiger partial charge in [0.15, 0.2) is 0 Å². The van der Waals surface area contributed by atoms with Crippen LogP contribution in [0, 0.1) is 6.92 Å². The van der Waals surface area contributed by atoms with Gasteiger partial charge in [-0.05, 0) is 48.7 Å². The number of hydrogen-bond donors (Lipinski definition) is 1. The molecule has 5 heteroatoms. The van der Waals surface area contributed by atoms with Crippen molar-refractivity contribution in [2.75, 3.05) is 6.54 Å². The van der Waals surface area contributed by atoms with E-state index in [-0.39, 0.29) is 11.3 Å². The molecule has 1 N–H and O–H groups in total. The van der Waals surface area contributed by atoms with Gasteiger partial charge in [-0.1, -0.05) is 49.2 Å². The van der Waals surface area contributed by atoms with E-state index in [0.717, 1.165) is 24.0 Å². The zero-order valence-electron chi connectivity index (χ0n) is 15.4. The number of likely N-dealkylation sites (tertiary alicyclic amines) is 1. The van der Waals surface area contributed by atoms with Gasteiger partial charge in [0.2, 0.25) is 0 Å². The van der Waals surface area contributed by atoms with E-state index >= 15 is 0 Å². The van der Waals surface area contributed by atoms with Crippen molar-refractivity contribution in [1.29, 1.82) is 0 Å². The molecule has 2 aromatic carbocycles. The first kappa shape index (κ1) is 19.2. The maximum atomic E-state index is 12.8. The fraction of sp³-hybridized carbons (Fsp3) is 0.273. The van der Waals surface area contributed by atoms with E-state index in [1.807, 2.05) is 38.1 Å². The first-order valence-electron chi connectivity index (χ1n) is 9.05. The smallest absolute Gasteiger partial charge is 0.295 e. The summed E-state index contributed by atoms with van der Waals surface area (Å²) in [6, 6.07) is 13.6. The van der Waals surface area contributed by atoms with Crippen LogP contribution in [0.3, 0.4) is 0 Å². The summed E-state index contributed by atoms with van der Waals surface area (Å²) in [5.74, 6) is -1.38. The van der Waals surface area contributed by atoms with Crippen LogP contribution in [0.4, 0.5) is 0 Å². The van der Waals surface area contributed by atoms with Crippen molar-refractivity contribution < 1.29 is 14.7 Å². The van der Waals surface area contributed by atoms with Crippen LogP contribution >= 0.6 is 11.6 Å². The Bertz CT molecular complexity index is 902. The Labute approximate surface area is 164 Å². The molecule has 0 aliphatic carbocycles. The number of unbranched alkanes of at least 4 members (excludes halogenated alkanes) is 1. The molecule has 1 amide bonds. The molecule has 3 rings (SSSR count). The van der Waals surface area contributed by atoms with Gasteiger partial charge in [0.25, 0.3) is 11.7 Å². The molecule has 0 spiro atoms. The van der Waals surface area contributed by atoms with Crippen molar-refractivity contribution in [2.24, 2.45) is 0 Å². The summed E-state index contributed by atoms with van der Waals surface area (Å²) in [5.41, 5.74) is 2.41. The average molecular weight is 384 g/mol. The molecule has 1 heterocycles. The van der Waals surface area contributed by atoms with Crippen molar-refractivity contribution in [2.45, 2.75) is 32.7 Å². The zero-order valence-corrected chi connectivity index (χ0v) is 16.2. The molecule has 0 saturated carbocycles. The van der Waals surface area contributed by atoms with Gasteiger partial charge in [-0.15, -0.1) is 0 Å². The Hall–Kier alpha value is -2.59. The lowest BCUT2D eigenvalue weighted by atomic mass is 9.92. The second-order valence-corrected chi connectivity index (χ2v) is 7.15. The van der Waals surface area contributed by atoms with E-state index < -0.39 is 17.7 Å². The number of halogens is 1. The Morgan fingerprint density at radius 3 is 2.41 bits per heavy atom. The number of aliphatic hydroxyl groups is 1. The highest BCUT2D eigenvalue weighted by Crippen LogP contribution is 2.40. The van der Waals surface area contributed by atoms with Crippen LogP contribution < -0.4 is 0 Å². The van der Waals surface area contributed by atoms with Crippen LogP contribution in [0.25, 0.3) is 5.76 Å². The van der Waals surface area contributed by atoms with Gasteiger partial charge in [0, 0.05) is 17.1 Å². The van der Waals surface area contributed by atoms with Gasteiger partial charge in [0.05, 0.1) is 11.6 Å². The largest absolute Gasteiger partial charge is 0.507 e. The highest BCUT2D eigenvalue weighted by Gasteiger charge is 2.46. The summed E-state index contributed by atoms with van der Waals surface area (Å²) in [7, 11) is 0. The number of aliphatic hydroxyl groups excluding tert-OH is 1. The molecule has 1 aliphatic rings. The summed E-state index contributed by atoms with van der Waals surface area (Å²) in [4.78, 5) is 27.1. The maximum absolute atomic E-state index is 12.8. The van der Waals surface area contributed by atoms with Gasteiger partial charge >= 0.3 is 0 Å². The Kier molecular flexibility index (Phi) is 5.66. The molecular weight excluding hydrogens is 362 g/mol. The summed E-state index contributed by atoms with van der Waals surface area (Å²) in [6.07, 6.45) is 1.69. The third-order valence-electron chi connectivity index (χ3n) is 4.89. The highest BCUT2D eigenvalue weighted by atomic mass is 35.5. The second kappa shape index (κ2) is 7.97. The molecule has 4 nitrogen and oxygen atoms in total. The number of carbonyl (C=O) groups excluding carboxylic acids is 2. The monoisotopic (exact) mass is 383 g/mol. The van der Waals surface area contributed by atoms with E-state index in [0.29, 0.717) is 17.1 Å². The first-order valence-corrected chi connectivity index (χ1v) is 9.43. The van der Waals surface area contributed by atoms with Gasteiger partial charge in [-0.3, -0.25) is 9.59 Å². The SMILES string of the molecule is CCCCN1C(=O)C(=O)/C(=C(\O)c2ccc(Cl)cc2)C1c1ccccc1C. The van der Waals surface area contributed by atoms with Crippen LogP contribution in [0.2, 0.25) is 5.02 Å². The fourth-order valence-electron chi connectivity index (χ4n) is 3.42. The minimum atomic E-state index is -0.646. The lowest BCUT2D eigenvalue weighted by molar-refractivity contribution is -0.139. The summed E-state index contributed by atoms with van der Waals surface area (Å²) < 4.78 is 0. The summed E-state index contributed by atoms with van der Waals surface area (Å²) >= 11 is 5.93. The molecule has 2 aromatic rings. The van der Waals surface area contributed by atoms with E-state index in [1.54, 1.807) is 29.2 Å². The van der Waals surface area contributed by atoms with Gasteiger partial charge in [-0.2, -0.15) is 0 Å². The van der Waals surface area contributed by atoms with Crippen molar-refractivity contribution in [1.82, 2.24) is 4.90 Å². The number of Topliss-reactive ketones (excluding diaryl/α,β-unsaturated/α-hetero) is 1. The number of ketones is 1. The number of amides is 1. The number of aryl methyl sites for hydroxylation is 1. The fourth-order valence-corrected chi connectivity index (χ4v) is 3.55. The maximum Gasteiger partial charge on any atom is 0.295 e. The third-order valence-corrected chi connectivity index (χ3v) is 5.15. The van der Waals surface area contributed by atoms with E-state index in [4.69, 9.17) is 11.6 Å². The minimum absolute atomic E-state index is 0.132. The van der Waals surface area contributed by atoms with Crippen molar-refractivity contribution in [3.05, 3.63) is 75.8 Å². The summed E-state index contributed by atoms with van der Waals surface area (Å²) in [6.45, 7) is 4.45. The standard InChI is InChI=1S/C22H22ClNO3/c1-3-4-13-24-19(17-8-6-5-7-14(17)2)18(21(26)22(24)27)20(25)15-9-11-16(23)12-10-15/h5-12,19,25H,3-4,13H2,1-2H3/b20-18-. The molecule has 140 valence electrons. The van der Waals surface area contributed by atoms with E-state index in [2.05, 4.69) is 0 Å². The Morgan fingerprint density at radius 2 is 1.78 bits per heavy atom. The van der Waals surface area contributed by atoms with Gasteiger partial charge in [-0.25, -0.2) is 0 Å². The molecule has 0 bridgehead atoms. The van der Waals surface area contributed by atoms with Crippen LogP contribution in [-0.2, 0) is 9.59 Å². The van der Waals surface area contributed by atoms with Crippen LogP contribution in [0.15, 0.2) is 54.1 Å². The minimum Gasteiger partial charge on any atom is -0.507 e. The van der Waals surface area contributed by atoms with Crippen LogP contribution in [0.5, 0.6) is 0 Å². The molecule has 27 heavy (non-hydrogen) atoms. The molecule has 1 atom stereocenters. The van der Waals surface area contributed by atoms with Crippen LogP contribution in [-0.4, -0.2) is 28.2 Å². The first-order chi connectivity index (χ1) is 13.0. The zero-order chi connectivity index (χ0) is 19.6. The number of hydrogen-bond acceptors (Lipinski definition) is 3. The molecule has 1 saturated heterocycles. The van der Waals surface area contributed by atoms with E-state index in [1.165, 1.54) is 0 Å². The lowest BCUT2D eigenvalue weighted by Gasteiger charge is -2.26. The number of carbonyl (C=O) groups is 2. The van der Waals surface area contributed by atoms with E-state index in [9.17, 15) is 14.7 Å². The summed E-state index contributed by atoms with van der Waals surface area (Å²) in [5, 5.41) is 11.4. The molecule has 1 unspecified atom stereocenters. The predicted octanol–water partition coefficient (Wildman–Crippen LogP) is 4.87. The molecule has 1 fully saturated rings. The molecular formula is C22H22ClNO3. The van der Waals surface area contributed by atoms with Crippen LogP contribution in [0.1, 0.15) is 42.5 Å². The Morgan fingerprint density at radius 1 is 1.11 bits per heavy atom. The Balaban J connectivity index is 2.18. The second-order valence-electron chi connectivity index (χ2n) is 6.71. The molecule has 0 aromatic heterocycles. The van der Waals surface area contributed by atoms with Gasteiger partial charge in [0.1, 0.15) is 5.76 Å². The molecule has 0 radical (unpaired) electrons. The lowest BCUT2D eigenvalue weighted by Crippen LogP contribution is -2.30. The predicted molar refractivity (Wildman–Crippen MR) is 107 cm³/mol. The molecule has 1 aliphatic heterocycles. The third kappa shape index (κ3) is 3.62. The topological polar surface area (TPSA) is 57.6 Å². The normalized spacial score (nSPS) is 18.9. The quantitative estimate of drug-likeness (QED) is 0.455. The van der Waals surface area contributed by atoms with Crippen molar-refractivity contribution >= 4 is 29.1 Å².